The fraction of sp³-hybridized carbons (Fsp3) is 0.429. The smallest absolute Gasteiger partial charge is 0.303 e. The molecule has 43 heavy (non-hydrogen) atoms. The molecule has 2 aliphatic rings. The zero-order valence-corrected chi connectivity index (χ0v) is 22.5. The number of rotatable bonds is 6. The third-order valence-corrected chi connectivity index (χ3v) is 7.36. The molecular formula is C28H30O15. The van der Waals surface area contributed by atoms with Crippen LogP contribution in [0.5, 0.6) is 17.2 Å². The molecule has 0 spiro atoms. The fourth-order valence-electron chi connectivity index (χ4n) is 5.19. The zero-order chi connectivity index (χ0) is 31.2. The van der Waals surface area contributed by atoms with Crippen molar-refractivity contribution < 1.29 is 69.0 Å². The molecule has 0 amide bonds. The molecule has 0 unspecified atom stereocenters. The number of aromatic hydroxyl groups is 3. The molecule has 1 aromatic heterocycles. The highest BCUT2D eigenvalue weighted by atomic mass is 16.7. The van der Waals surface area contributed by atoms with Gasteiger partial charge in [0.2, 0.25) is 0 Å². The average molecular weight is 607 g/mol. The summed E-state index contributed by atoms with van der Waals surface area (Å²) < 4.78 is 27.5. The van der Waals surface area contributed by atoms with Crippen LogP contribution < -0.4 is 5.43 Å². The largest absolute Gasteiger partial charge is 0.508 e. The predicted molar refractivity (Wildman–Crippen MR) is 142 cm³/mol. The number of hydrogen-bond acceptors (Lipinski definition) is 15. The van der Waals surface area contributed by atoms with Gasteiger partial charge in [0.15, 0.2) is 17.8 Å². The van der Waals surface area contributed by atoms with Crippen molar-refractivity contribution in [3.63, 3.8) is 0 Å². The minimum absolute atomic E-state index is 0.0190. The molecule has 3 heterocycles. The molecule has 232 valence electrons. The minimum Gasteiger partial charge on any atom is -0.508 e. The zero-order valence-electron chi connectivity index (χ0n) is 22.5. The van der Waals surface area contributed by atoms with Crippen LogP contribution >= 0.6 is 0 Å². The van der Waals surface area contributed by atoms with E-state index in [1.165, 1.54) is 24.3 Å². The van der Waals surface area contributed by atoms with E-state index in [2.05, 4.69) is 0 Å². The molecule has 3 aromatic rings. The Hall–Kier alpha value is -3.80. The minimum atomic E-state index is -1.88. The van der Waals surface area contributed by atoms with Gasteiger partial charge in [0.25, 0.3) is 0 Å². The molecule has 9 atom stereocenters. The third-order valence-electron chi connectivity index (χ3n) is 7.36. The van der Waals surface area contributed by atoms with Crippen LogP contribution in [0.25, 0.3) is 22.3 Å². The van der Waals surface area contributed by atoms with E-state index in [0.29, 0.717) is 5.56 Å². The van der Waals surface area contributed by atoms with Crippen molar-refractivity contribution in [2.24, 2.45) is 0 Å². The fourth-order valence-corrected chi connectivity index (χ4v) is 5.19. The van der Waals surface area contributed by atoms with Crippen LogP contribution in [0.2, 0.25) is 0 Å². The average Bonchev–Trinajstić information content (AvgIpc) is 2.95. The van der Waals surface area contributed by atoms with Gasteiger partial charge < -0.3 is 64.2 Å². The number of phenols is 3. The highest BCUT2D eigenvalue weighted by molar-refractivity contribution is 5.88. The number of esters is 1. The van der Waals surface area contributed by atoms with Crippen LogP contribution in [0.4, 0.5) is 0 Å². The summed E-state index contributed by atoms with van der Waals surface area (Å²) in [6.45, 7) is -0.131. The van der Waals surface area contributed by atoms with Crippen LogP contribution in [-0.4, -0.2) is 109 Å². The molecule has 2 saturated heterocycles. The summed E-state index contributed by atoms with van der Waals surface area (Å²) in [6.07, 6.45) is -14.9. The first-order valence-electron chi connectivity index (χ1n) is 13.2. The highest BCUT2D eigenvalue weighted by Gasteiger charge is 2.51. The summed E-state index contributed by atoms with van der Waals surface area (Å²) in [5.74, 6) is -2.20. The molecule has 15 nitrogen and oxygen atoms in total. The standard InChI is InChI=1S/C28H30O15/c1-10(30)40-18-9-39-28(25(38)22(18)35)43-27-24(37)21(34)17(8-29)42-26(27)20-14(33)7-16-19(23(20)36)13(32)6-15(41-16)11-2-4-12(31)5-3-11/h2-7,17-18,21-22,24-29,31,33-38H,8-9H2,1H3/t17-,18+,21-,22+,24+,25-,26+,27-,28+/m1/s1. The normalized spacial score (nSPS) is 31.2. The van der Waals surface area contributed by atoms with Crippen molar-refractivity contribution in [3.8, 4) is 28.6 Å². The third kappa shape index (κ3) is 5.76. The number of carbonyl (C=O) groups is 1. The summed E-state index contributed by atoms with van der Waals surface area (Å²) in [4.78, 5) is 24.5. The number of carbonyl (C=O) groups excluding carboxylic acids is 1. The Labute approximate surface area is 242 Å². The van der Waals surface area contributed by atoms with E-state index in [-0.39, 0.29) is 22.5 Å². The van der Waals surface area contributed by atoms with Gasteiger partial charge in [0, 0.05) is 24.6 Å². The van der Waals surface area contributed by atoms with Gasteiger partial charge in [0.1, 0.15) is 76.7 Å². The van der Waals surface area contributed by atoms with Gasteiger partial charge in [-0.15, -0.1) is 0 Å². The lowest BCUT2D eigenvalue weighted by Crippen LogP contribution is -2.60. The molecule has 0 radical (unpaired) electrons. The second kappa shape index (κ2) is 12.1. The summed E-state index contributed by atoms with van der Waals surface area (Å²) >= 11 is 0. The lowest BCUT2D eigenvalue weighted by molar-refractivity contribution is -0.325. The lowest BCUT2D eigenvalue weighted by Gasteiger charge is -2.45. The van der Waals surface area contributed by atoms with Crippen molar-refractivity contribution in [1.29, 1.82) is 0 Å². The van der Waals surface area contributed by atoms with E-state index < -0.39 is 96.8 Å². The Morgan fingerprint density at radius 1 is 0.977 bits per heavy atom. The van der Waals surface area contributed by atoms with Gasteiger partial charge in [0.05, 0.1) is 18.8 Å². The first-order valence-corrected chi connectivity index (χ1v) is 13.2. The summed E-state index contributed by atoms with van der Waals surface area (Å²) in [6, 6.07) is 7.81. The summed E-state index contributed by atoms with van der Waals surface area (Å²) in [7, 11) is 0. The molecule has 0 aliphatic carbocycles. The molecule has 0 bridgehead atoms. The highest BCUT2D eigenvalue weighted by Crippen LogP contribution is 2.46. The van der Waals surface area contributed by atoms with Gasteiger partial charge in [-0.2, -0.15) is 0 Å². The molecule has 8 N–H and O–H groups in total. The Balaban J connectivity index is 1.53. The van der Waals surface area contributed by atoms with E-state index in [1.807, 2.05) is 0 Å². The molecule has 2 aliphatic heterocycles. The van der Waals surface area contributed by atoms with Crippen molar-refractivity contribution in [2.45, 2.75) is 62.0 Å². The molecule has 5 rings (SSSR count). The number of aliphatic hydroxyl groups is 5. The number of aliphatic hydroxyl groups excluding tert-OH is 5. The topological polar surface area (TPSA) is 246 Å². The molecule has 2 fully saturated rings. The second-order valence-corrected chi connectivity index (χ2v) is 10.2. The van der Waals surface area contributed by atoms with Crippen LogP contribution in [0.1, 0.15) is 18.6 Å². The Kier molecular flexibility index (Phi) is 8.60. The van der Waals surface area contributed by atoms with Crippen molar-refractivity contribution >= 4 is 16.9 Å². The van der Waals surface area contributed by atoms with Crippen LogP contribution in [-0.2, 0) is 23.7 Å². The van der Waals surface area contributed by atoms with E-state index >= 15 is 0 Å². The van der Waals surface area contributed by atoms with Gasteiger partial charge in [-0.05, 0) is 24.3 Å². The van der Waals surface area contributed by atoms with Crippen molar-refractivity contribution in [3.05, 3.63) is 52.2 Å². The van der Waals surface area contributed by atoms with E-state index in [0.717, 1.165) is 19.1 Å². The van der Waals surface area contributed by atoms with Crippen LogP contribution in [0, 0.1) is 0 Å². The molecule has 15 heteroatoms. The molecular weight excluding hydrogens is 576 g/mol. The lowest BCUT2D eigenvalue weighted by atomic mass is 9.89. The predicted octanol–water partition coefficient (Wildman–Crippen LogP) is -0.874. The number of fused-ring (bicyclic) bond motifs is 1. The maximum absolute atomic E-state index is 13.2. The first kappa shape index (κ1) is 30.7. The van der Waals surface area contributed by atoms with Gasteiger partial charge in [-0.25, -0.2) is 0 Å². The van der Waals surface area contributed by atoms with Gasteiger partial charge >= 0.3 is 5.97 Å². The quantitative estimate of drug-likeness (QED) is 0.159. The van der Waals surface area contributed by atoms with E-state index in [9.17, 15) is 50.4 Å². The SMILES string of the molecule is CC(=O)O[C@H]1CO[C@@H](O[C@@H]2[C@@H](O)[C@H](O)[C@@H](CO)O[C@H]2c2c(O)cc3oc(-c4ccc(O)cc4)cc(=O)c3c2O)[C@H](O)[C@H]1O. The van der Waals surface area contributed by atoms with Crippen LogP contribution in [0.3, 0.4) is 0 Å². The summed E-state index contributed by atoms with van der Waals surface area (Å²) in [5.41, 5.74) is -1.03. The number of ether oxygens (including phenoxy) is 4. The number of benzene rings is 2. The number of hydrogen-bond donors (Lipinski definition) is 8. The Morgan fingerprint density at radius 3 is 2.33 bits per heavy atom. The monoisotopic (exact) mass is 606 g/mol. The maximum atomic E-state index is 13.2. The number of phenolic OH excluding ortho intramolecular Hbond substituents is 3. The van der Waals surface area contributed by atoms with Gasteiger partial charge in [-0.3, -0.25) is 9.59 Å². The molecule has 2 aromatic carbocycles. The van der Waals surface area contributed by atoms with Crippen molar-refractivity contribution in [2.75, 3.05) is 13.2 Å². The second-order valence-electron chi connectivity index (χ2n) is 10.2. The van der Waals surface area contributed by atoms with Crippen molar-refractivity contribution in [1.82, 2.24) is 0 Å². The Morgan fingerprint density at radius 2 is 1.67 bits per heavy atom. The summed E-state index contributed by atoms with van der Waals surface area (Å²) in [5, 5.41) is 83.7. The van der Waals surface area contributed by atoms with E-state index in [1.54, 1.807) is 0 Å². The van der Waals surface area contributed by atoms with Crippen LogP contribution in [0.15, 0.2) is 45.6 Å². The van der Waals surface area contributed by atoms with Gasteiger partial charge in [-0.1, -0.05) is 0 Å². The molecule has 0 saturated carbocycles. The maximum Gasteiger partial charge on any atom is 0.303 e. The van der Waals surface area contributed by atoms with E-state index in [4.69, 9.17) is 23.4 Å². The first-order chi connectivity index (χ1) is 20.4. The Bertz CT molecular complexity index is 1540.